The number of benzene rings is 3. The monoisotopic (exact) mass is 640 g/mol. The standard InChI is InChI=1S/C34H38Cl2N2O6/c1-42-28-12-10-24(30(43-2)31(28)44-3)29(39)27-20-33(21-37-27,23-9-11-25(35)26(36)19-23)13-16-38-17-14-34(15-18-38,32(40)41)22-7-5-4-6-8-22/h4-12,19,27,37H,13-18,20-21H2,1-3H3,(H,40,41). The molecule has 5 rings (SSSR count). The smallest absolute Gasteiger partial charge is 0.314 e. The van der Waals surface area contributed by atoms with E-state index in [2.05, 4.69) is 10.2 Å². The van der Waals surface area contributed by atoms with Gasteiger partial charge in [0.25, 0.3) is 0 Å². The number of nitrogens with zero attached hydrogens (tertiary/aromatic N) is 1. The van der Waals surface area contributed by atoms with Gasteiger partial charge in [-0.3, -0.25) is 9.59 Å². The van der Waals surface area contributed by atoms with E-state index < -0.39 is 22.8 Å². The number of ketones is 1. The van der Waals surface area contributed by atoms with E-state index in [-0.39, 0.29) is 5.78 Å². The highest BCUT2D eigenvalue weighted by Gasteiger charge is 2.46. The van der Waals surface area contributed by atoms with Gasteiger partial charge < -0.3 is 29.5 Å². The number of carboxylic acid groups (broad SMARTS) is 1. The maximum atomic E-state index is 14.0. The topological polar surface area (TPSA) is 97.3 Å². The van der Waals surface area contributed by atoms with Crippen LogP contribution in [0.5, 0.6) is 17.2 Å². The second kappa shape index (κ2) is 13.4. The molecule has 2 aliphatic rings. The van der Waals surface area contributed by atoms with Crippen molar-refractivity contribution in [2.24, 2.45) is 0 Å². The van der Waals surface area contributed by atoms with Crippen LogP contribution < -0.4 is 19.5 Å². The third-order valence-electron chi connectivity index (χ3n) is 9.45. The molecule has 2 heterocycles. The number of carboxylic acids is 1. The van der Waals surface area contributed by atoms with Gasteiger partial charge >= 0.3 is 5.97 Å². The minimum Gasteiger partial charge on any atom is -0.493 e. The van der Waals surface area contributed by atoms with Crippen molar-refractivity contribution >= 4 is 35.0 Å². The fourth-order valence-corrected chi connectivity index (χ4v) is 7.11. The summed E-state index contributed by atoms with van der Waals surface area (Å²) in [6, 6.07) is 18.2. The maximum absolute atomic E-state index is 14.0. The molecule has 2 fully saturated rings. The molecule has 0 spiro atoms. The molecule has 3 aromatic carbocycles. The predicted molar refractivity (Wildman–Crippen MR) is 171 cm³/mol. The van der Waals surface area contributed by atoms with Crippen molar-refractivity contribution in [3.63, 3.8) is 0 Å². The number of carbonyl (C=O) groups is 2. The number of likely N-dealkylation sites (tertiary alicyclic amines) is 1. The van der Waals surface area contributed by atoms with E-state index in [9.17, 15) is 14.7 Å². The Hall–Kier alpha value is -3.30. The predicted octanol–water partition coefficient (Wildman–Crippen LogP) is 6.01. The third kappa shape index (κ3) is 6.01. The van der Waals surface area contributed by atoms with Gasteiger partial charge in [0.2, 0.25) is 5.75 Å². The molecule has 0 aromatic heterocycles. The van der Waals surface area contributed by atoms with Gasteiger partial charge in [-0.05, 0) is 80.7 Å². The summed E-state index contributed by atoms with van der Waals surface area (Å²) in [4.78, 5) is 28.8. The first-order valence-electron chi connectivity index (χ1n) is 14.7. The minimum absolute atomic E-state index is 0.100. The van der Waals surface area contributed by atoms with Crippen LogP contribution in [0.15, 0.2) is 60.7 Å². The minimum atomic E-state index is -0.885. The molecule has 2 atom stereocenters. The number of hydrogen-bond acceptors (Lipinski definition) is 7. The summed E-state index contributed by atoms with van der Waals surface area (Å²) in [6.45, 7) is 2.63. The van der Waals surface area contributed by atoms with E-state index in [0.717, 1.165) is 24.1 Å². The van der Waals surface area contributed by atoms with Gasteiger partial charge in [0.15, 0.2) is 17.3 Å². The van der Waals surface area contributed by atoms with Gasteiger partial charge in [0.1, 0.15) is 0 Å². The summed E-state index contributed by atoms with van der Waals surface area (Å²) in [5.41, 5.74) is 0.986. The van der Waals surface area contributed by atoms with Crippen molar-refractivity contribution in [1.29, 1.82) is 0 Å². The first-order valence-corrected chi connectivity index (χ1v) is 15.5. The fraction of sp³-hybridized carbons (Fsp3) is 0.412. The zero-order chi connectivity index (χ0) is 31.5. The highest BCUT2D eigenvalue weighted by atomic mass is 35.5. The van der Waals surface area contributed by atoms with Crippen molar-refractivity contribution in [2.45, 2.75) is 42.6 Å². The molecule has 44 heavy (non-hydrogen) atoms. The van der Waals surface area contributed by atoms with E-state index >= 15 is 0 Å². The molecular weight excluding hydrogens is 603 g/mol. The lowest BCUT2D eigenvalue weighted by Gasteiger charge is -2.40. The molecule has 0 saturated carbocycles. The Balaban J connectivity index is 1.37. The molecule has 2 saturated heterocycles. The number of methoxy groups -OCH3 is 3. The largest absolute Gasteiger partial charge is 0.493 e. The van der Waals surface area contributed by atoms with Gasteiger partial charge in [0, 0.05) is 12.0 Å². The Labute approximate surface area is 268 Å². The van der Waals surface area contributed by atoms with Crippen LogP contribution in [0.1, 0.15) is 47.2 Å². The Kier molecular flexibility index (Phi) is 9.75. The van der Waals surface area contributed by atoms with Crippen molar-refractivity contribution in [3.8, 4) is 17.2 Å². The fourth-order valence-electron chi connectivity index (χ4n) is 6.82. The first-order chi connectivity index (χ1) is 21.2. The average molecular weight is 642 g/mol. The van der Waals surface area contributed by atoms with Crippen molar-refractivity contribution in [1.82, 2.24) is 10.2 Å². The Bertz CT molecular complexity index is 1510. The molecule has 3 aromatic rings. The molecule has 2 unspecified atom stereocenters. The van der Waals surface area contributed by atoms with Crippen LogP contribution in [-0.4, -0.2) is 75.3 Å². The lowest BCUT2D eigenvalue weighted by molar-refractivity contribution is -0.146. The quantitative estimate of drug-likeness (QED) is 0.246. The third-order valence-corrected chi connectivity index (χ3v) is 10.2. The van der Waals surface area contributed by atoms with Crippen LogP contribution in [0.25, 0.3) is 0 Å². The summed E-state index contributed by atoms with van der Waals surface area (Å²) in [6.07, 6.45) is 2.35. The number of rotatable bonds is 11. The molecule has 0 bridgehead atoms. The van der Waals surface area contributed by atoms with Crippen LogP contribution in [0, 0.1) is 0 Å². The number of aliphatic carboxylic acids is 1. The molecule has 2 aliphatic heterocycles. The Morgan fingerprint density at radius 3 is 2.23 bits per heavy atom. The van der Waals surface area contributed by atoms with E-state index in [0.29, 0.717) is 71.8 Å². The number of halogens is 2. The molecule has 8 nitrogen and oxygen atoms in total. The zero-order valence-electron chi connectivity index (χ0n) is 25.2. The van der Waals surface area contributed by atoms with Gasteiger partial charge in [0.05, 0.1) is 48.4 Å². The lowest BCUT2D eigenvalue weighted by Crippen LogP contribution is -2.48. The second-order valence-electron chi connectivity index (χ2n) is 11.6. The molecule has 2 N–H and O–H groups in total. The van der Waals surface area contributed by atoms with Gasteiger partial charge in [-0.15, -0.1) is 0 Å². The van der Waals surface area contributed by atoms with Crippen molar-refractivity contribution < 1.29 is 28.9 Å². The Morgan fingerprint density at radius 2 is 1.61 bits per heavy atom. The van der Waals surface area contributed by atoms with Crippen molar-refractivity contribution in [2.75, 3.05) is 47.5 Å². The number of hydrogen-bond donors (Lipinski definition) is 2. The van der Waals surface area contributed by atoms with Gasteiger partial charge in [-0.2, -0.15) is 0 Å². The molecule has 0 amide bonds. The Morgan fingerprint density at radius 1 is 0.909 bits per heavy atom. The number of piperidine rings is 1. The first kappa shape index (κ1) is 32.1. The van der Waals surface area contributed by atoms with Crippen LogP contribution in [-0.2, 0) is 15.6 Å². The van der Waals surface area contributed by atoms with Gasteiger partial charge in [-0.1, -0.05) is 59.6 Å². The SMILES string of the molecule is COc1ccc(C(=O)C2CC(CCN3CCC(C(=O)O)(c4ccccc4)CC3)(c3ccc(Cl)c(Cl)c3)CN2)c(OC)c1OC. The maximum Gasteiger partial charge on any atom is 0.314 e. The van der Waals surface area contributed by atoms with E-state index in [1.54, 1.807) is 18.2 Å². The lowest BCUT2D eigenvalue weighted by atomic mass is 9.72. The number of carbonyl (C=O) groups excluding carboxylic acids is 1. The number of ether oxygens (including phenoxy) is 3. The number of nitrogens with one attached hydrogen (secondary N) is 1. The summed E-state index contributed by atoms with van der Waals surface area (Å²) in [5.74, 6) is 0.303. The van der Waals surface area contributed by atoms with Gasteiger partial charge in [-0.25, -0.2) is 0 Å². The molecular formula is C34H38Cl2N2O6. The normalized spacial score (nSPS) is 21.5. The second-order valence-corrected chi connectivity index (χ2v) is 12.5. The zero-order valence-corrected chi connectivity index (χ0v) is 26.7. The van der Waals surface area contributed by atoms with Crippen LogP contribution in [0.3, 0.4) is 0 Å². The van der Waals surface area contributed by atoms with E-state index in [1.165, 1.54) is 21.3 Å². The van der Waals surface area contributed by atoms with E-state index in [1.807, 2.05) is 42.5 Å². The summed E-state index contributed by atoms with van der Waals surface area (Å²) in [7, 11) is 4.55. The highest BCUT2D eigenvalue weighted by Crippen LogP contribution is 2.44. The number of Topliss-reactive ketones (excluding diaryl/α,β-unsaturated/α-hetero) is 1. The van der Waals surface area contributed by atoms with Crippen LogP contribution in [0.2, 0.25) is 10.0 Å². The molecule has 234 valence electrons. The summed E-state index contributed by atoms with van der Waals surface area (Å²) < 4.78 is 16.5. The molecule has 0 radical (unpaired) electrons. The molecule has 10 heteroatoms. The summed E-state index contributed by atoms with van der Waals surface area (Å²) >= 11 is 12.8. The highest BCUT2D eigenvalue weighted by molar-refractivity contribution is 6.42. The van der Waals surface area contributed by atoms with Crippen molar-refractivity contribution in [3.05, 3.63) is 87.4 Å². The average Bonchev–Trinajstić information content (AvgIpc) is 3.50. The summed E-state index contributed by atoms with van der Waals surface area (Å²) in [5, 5.41) is 14.7. The molecule has 0 aliphatic carbocycles. The van der Waals surface area contributed by atoms with E-state index in [4.69, 9.17) is 37.4 Å². The van der Waals surface area contributed by atoms with Crippen LogP contribution in [0.4, 0.5) is 0 Å². The van der Waals surface area contributed by atoms with Crippen LogP contribution >= 0.6 is 23.2 Å².